The average molecular weight is 626 g/mol. The lowest BCUT2D eigenvalue weighted by atomic mass is 10.1. The summed E-state index contributed by atoms with van der Waals surface area (Å²) in [5, 5.41) is 8.50. The number of thioether (sulfide) groups is 1. The van der Waals surface area contributed by atoms with E-state index in [1.165, 1.54) is 39.2 Å². The van der Waals surface area contributed by atoms with Crippen LogP contribution in [0.2, 0.25) is 0 Å². The number of aryl methyl sites for hydroxylation is 2. The van der Waals surface area contributed by atoms with E-state index in [1.807, 2.05) is 38.1 Å². The van der Waals surface area contributed by atoms with Crippen LogP contribution in [-0.2, 0) is 9.59 Å². The molecule has 9 nitrogen and oxygen atoms in total. The Bertz CT molecular complexity index is 1700. The molecular formula is C35H35N3O6S. The Labute approximate surface area is 267 Å². The van der Waals surface area contributed by atoms with Crippen molar-refractivity contribution >= 4 is 46.9 Å². The Morgan fingerprint density at radius 3 is 2.07 bits per heavy atom. The minimum atomic E-state index is -0.553. The molecule has 4 rings (SSSR count). The minimum Gasteiger partial charge on any atom is -0.493 e. The molecule has 3 N–H and O–H groups in total. The Morgan fingerprint density at radius 2 is 1.42 bits per heavy atom. The normalized spacial score (nSPS) is 10.9. The van der Waals surface area contributed by atoms with Crippen molar-refractivity contribution in [2.45, 2.75) is 18.7 Å². The van der Waals surface area contributed by atoms with Gasteiger partial charge in [0.05, 0.1) is 27.1 Å². The second kappa shape index (κ2) is 15.5. The molecule has 0 saturated heterocycles. The number of carbonyl (C=O) groups excluding carboxylic acids is 3. The molecule has 0 aromatic heterocycles. The summed E-state index contributed by atoms with van der Waals surface area (Å²) in [6.45, 7) is 4.02. The molecule has 0 atom stereocenters. The highest BCUT2D eigenvalue weighted by atomic mass is 32.2. The number of amides is 3. The van der Waals surface area contributed by atoms with Crippen molar-refractivity contribution in [3.05, 3.63) is 113 Å². The topological polar surface area (TPSA) is 115 Å². The quantitative estimate of drug-likeness (QED) is 0.122. The summed E-state index contributed by atoms with van der Waals surface area (Å²) in [7, 11) is 4.49. The maximum atomic E-state index is 13.6. The van der Waals surface area contributed by atoms with Crippen LogP contribution < -0.4 is 30.2 Å². The van der Waals surface area contributed by atoms with E-state index in [0.717, 1.165) is 21.7 Å². The summed E-state index contributed by atoms with van der Waals surface area (Å²) >= 11 is 1.34. The number of carbonyl (C=O) groups is 3. The second-order valence-electron chi connectivity index (χ2n) is 9.95. The summed E-state index contributed by atoms with van der Waals surface area (Å²) in [6.07, 6.45) is 1.52. The van der Waals surface area contributed by atoms with Crippen molar-refractivity contribution in [1.29, 1.82) is 0 Å². The summed E-state index contributed by atoms with van der Waals surface area (Å²) in [5.41, 5.74) is 4.40. The maximum absolute atomic E-state index is 13.6. The van der Waals surface area contributed by atoms with Gasteiger partial charge in [0, 0.05) is 21.8 Å². The molecule has 0 heterocycles. The molecule has 0 aliphatic rings. The fourth-order valence-corrected chi connectivity index (χ4v) is 5.08. The zero-order chi connectivity index (χ0) is 32.3. The highest BCUT2D eigenvalue weighted by Gasteiger charge is 2.18. The van der Waals surface area contributed by atoms with Crippen LogP contribution >= 0.6 is 11.8 Å². The SMILES string of the molecule is COc1cc(/C=C(/NC(=O)c2ccccc2)C(=O)Nc2cccc(SCC(=O)Nc3ccc(C)c(C)c3)c2)cc(OC)c1OC. The van der Waals surface area contributed by atoms with E-state index in [0.29, 0.717) is 34.1 Å². The highest BCUT2D eigenvalue weighted by Crippen LogP contribution is 2.38. The highest BCUT2D eigenvalue weighted by molar-refractivity contribution is 8.00. The van der Waals surface area contributed by atoms with Gasteiger partial charge in [-0.3, -0.25) is 14.4 Å². The third-order valence-electron chi connectivity index (χ3n) is 6.78. The first-order valence-corrected chi connectivity index (χ1v) is 15.0. The fourth-order valence-electron chi connectivity index (χ4n) is 4.32. The van der Waals surface area contributed by atoms with Gasteiger partial charge in [-0.2, -0.15) is 0 Å². The molecule has 0 spiro atoms. The molecular weight excluding hydrogens is 590 g/mol. The Hall–Kier alpha value is -5.22. The lowest BCUT2D eigenvalue weighted by molar-refractivity contribution is -0.114. The van der Waals surface area contributed by atoms with Gasteiger partial charge in [0.15, 0.2) is 11.5 Å². The second-order valence-corrected chi connectivity index (χ2v) is 11.0. The monoisotopic (exact) mass is 625 g/mol. The number of benzene rings is 4. The largest absolute Gasteiger partial charge is 0.493 e. The fraction of sp³-hybridized carbons (Fsp3) is 0.171. The lowest BCUT2D eigenvalue weighted by Crippen LogP contribution is -2.30. The number of anilines is 2. The van der Waals surface area contributed by atoms with Crippen molar-refractivity contribution in [2.24, 2.45) is 0 Å². The molecule has 0 aliphatic heterocycles. The van der Waals surface area contributed by atoms with Crippen LogP contribution in [0.15, 0.2) is 95.5 Å². The molecule has 0 saturated carbocycles. The van der Waals surface area contributed by atoms with Gasteiger partial charge in [-0.05, 0) is 91.2 Å². The van der Waals surface area contributed by atoms with Crippen LogP contribution in [-0.4, -0.2) is 44.8 Å². The van der Waals surface area contributed by atoms with Crippen molar-refractivity contribution in [3.8, 4) is 17.2 Å². The zero-order valence-electron chi connectivity index (χ0n) is 25.7. The lowest BCUT2D eigenvalue weighted by Gasteiger charge is -2.15. The third kappa shape index (κ3) is 8.90. The van der Waals surface area contributed by atoms with Gasteiger partial charge in [-0.15, -0.1) is 11.8 Å². The molecule has 4 aromatic rings. The van der Waals surface area contributed by atoms with Gasteiger partial charge in [0.25, 0.3) is 11.8 Å². The summed E-state index contributed by atoms with van der Waals surface area (Å²) in [6, 6.07) is 24.8. The number of hydrogen-bond acceptors (Lipinski definition) is 7. The predicted molar refractivity (Wildman–Crippen MR) is 178 cm³/mol. The Morgan fingerprint density at radius 1 is 0.733 bits per heavy atom. The van der Waals surface area contributed by atoms with Crippen molar-refractivity contribution in [3.63, 3.8) is 0 Å². The van der Waals surface area contributed by atoms with Crippen LogP contribution in [0.4, 0.5) is 11.4 Å². The predicted octanol–water partition coefficient (Wildman–Crippen LogP) is 6.47. The van der Waals surface area contributed by atoms with E-state index in [4.69, 9.17) is 14.2 Å². The molecule has 0 fully saturated rings. The van der Waals surface area contributed by atoms with Crippen molar-refractivity contribution < 1.29 is 28.6 Å². The number of methoxy groups -OCH3 is 3. The number of rotatable bonds is 12. The van der Waals surface area contributed by atoms with Crippen LogP contribution in [0.25, 0.3) is 6.08 Å². The molecule has 0 bridgehead atoms. The van der Waals surface area contributed by atoms with Gasteiger partial charge in [0.1, 0.15) is 5.70 Å². The van der Waals surface area contributed by atoms with Crippen LogP contribution in [0, 0.1) is 13.8 Å². The van der Waals surface area contributed by atoms with Crippen LogP contribution in [0.1, 0.15) is 27.0 Å². The maximum Gasteiger partial charge on any atom is 0.272 e. The van der Waals surface area contributed by atoms with Gasteiger partial charge >= 0.3 is 0 Å². The Balaban J connectivity index is 1.53. The smallest absolute Gasteiger partial charge is 0.272 e. The molecule has 4 aromatic carbocycles. The molecule has 0 radical (unpaired) electrons. The number of nitrogens with one attached hydrogen (secondary N) is 3. The van der Waals surface area contributed by atoms with E-state index in [-0.39, 0.29) is 17.4 Å². The van der Waals surface area contributed by atoms with Gasteiger partial charge in [-0.1, -0.05) is 30.3 Å². The minimum absolute atomic E-state index is 0.0102. The molecule has 3 amide bonds. The van der Waals surface area contributed by atoms with Gasteiger partial charge in [-0.25, -0.2) is 0 Å². The molecule has 232 valence electrons. The van der Waals surface area contributed by atoms with Crippen LogP contribution in [0.5, 0.6) is 17.2 Å². The standard InChI is InChI=1S/C35H35N3O6S/c1-22-14-15-27(16-23(22)2)36-32(39)21-45-28-13-9-12-26(20-28)37-35(41)29(38-34(40)25-10-7-6-8-11-25)17-24-18-30(42-3)33(44-5)31(19-24)43-4/h6-20H,21H2,1-5H3,(H,36,39)(H,37,41)(H,38,40)/b29-17+. The van der Waals surface area contributed by atoms with Crippen LogP contribution in [0.3, 0.4) is 0 Å². The van der Waals surface area contributed by atoms with E-state index in [2.05, 4.69) is 16.0 Å². The third-order valence-corrected chi connectivity index (χ3v) is 7.77. The van der Waals surface area contributed by atoms with Gasteiger partial charge in [0.2, 0.25) is 11.7 Å². The summed E-state index contributed by atoms with van der Waals surface area (Å²) in [5.74, 6) is 0.215. The summed E-state index contributed by atoms with van der Waals surface area (Å²) in [4.78, 5) is 40.0. The van der Waals surface area contributed by atoms with Crippen molar-refractivity contribution in [1.82, 2.24) is 5.32 Å². The number of ether oxygens (including phenoxy) is 3. The van der Waals surface area contributed by atoms with Crippen molar-refractivity contribution in [2.75, 3.05) is 37.7 Å². The molecule has 0 aliphatic carbocycles. The zero-order valence-corrected chi connectivity index (χ0v) is 26.5. The summed E-state index contributed by atoms with van der Waals surface area (Å²) < 4.78 is 16.3. The first-order chi connectivity index (χ1) is 21.7. The number of hydrogen-bond donors (Lipinski definition) is 3. The van der Waals surface area contributed by atoms with Gasteiger partial charge < -0.3 is 30.2 Å². The average Bonchev–Trinajstić information content (AvgIpc) is 3.05. The van der Waals surface area contributed by atoms with E-state index in [1.54, 1.807) is 60.7 Å². The molecule has 45 heavy (non-hydrogen) atoms. The first kappa shape index (κ1) is 32.7. The van der Waals surface area contributed by atoms with E-state index < -0.39 is 11.8 Å². The van der Waals surface area contributed by atoms with E-state index in [9.17, 15) is 14.4 Å². The Kier molecular flexibility index (Phi) is 11.3. The molecule has 10 heteroatoms. The molecule has 0 unspecified atom stereocenters. The van der Waals surface area contributed by atoms with E-state index >= 15 is 0 Å². The first-order valence-electron chi connectivity index (χ1n) is 14.0.